The van der Waals surface area contributed by atoms with Crippen LogP contribution in [0.1, 0.15) is 13.8 Å². The average molecular weight is 282 g/mol. The van der Waals surface area contributed by atoms with E-state index in [-0.39, 0.29) is 32.4 Å². The molecule has 1 rings (SSSR count). The third kappa shape index (κ3) is 4.09. The van der Waals surface area contributed by atoms with Gasteiger partial charge in [0.05, 0.1) is 25.4 Å². The number of hydrogen-bond donors (Lipinski definition) is 2. The minimum atomic E-state index is -3.96. The summed E-state index contributed by atoms with van der Waals surface area (Å²) in [6.45, 7) is 3.18. The first-order chi connectivity index (χ1) is 8.39. The molecule has 106 valence electrons. The van der Waals surface area contributed by atoms with E-state index in [2.05, 4.69) is 4.74 Å². The Bertz CT molecular complexity index is 385. The number of nitrogens with one attached hydrogen (secondary N) is 1. The zero-order chi connectivity index (χ0) is 13.8. The third-order valence-electron chi connectivity index (χ3n) is 2.32. The minimum Gasteiger partial charge on any atom is -0.449 e. The monoisotopic (exact) mass is 282 g/mol. The summed E-state index contributed by atoms with van der Waals surface area (Å²) in [5, 5.41) is 9.00. The van der Waals surface area contributed by atoms with Gasteiger partial charge in [0.2, 0.25) is 0 Å². The van der Waals surface area contributed by atoms with E-state index < -0.39 is 22.4 Å². The molecular weight excluding hydrogens is 264 g/mol. The van der Waals surface area contributed by atoms with Crippen molar-refractivity contribution in [2.45, 2.75) is 26.1 Å². The van der Waals surface area contributed by atoms with Gasteiger partial charge in [0.15, 0.2) is 0 Å². The Morgan fingerprint density at radius 1 is 1.56 bits per heavy atom. The Hall–Kier alpha value is -0.900. The second kappa shape index (κ2) is 6.32. The van der Waals surface area contributed by atoms with Crippen LogP contribution in [0.3, 0.4) is 0 Å². The van der Waals surface area contributed by atoms with Crippen LogP contribution in [-0.2, 0) is 19.7 Å². The van der Waals surface area contributed by atoms with E-state index in [9.17, 15) is 13.2 Å². The highest BCUT2D eigenvalue weighted by molar-refractivity contribution is 7.87. The number of carbonyl (C=O) groups is 1. The first-order valence-corrected chi connectivity index (χ1v) is 7.04. The Kier molecular flexibility index (Phi) is 5.32. The van der Waals surface area contributed by atoms with Crippen molar-refractivity contribution in [3.8, 4) is 0 Å². The molecule has 0 radical (unpaired) electrons. The lowest BCUT2D eigenvalue weighted by Crippen LogP contribution is -2.54. The molecule has 0 bridgehead atoms. The maximum Gasteiger partial charge on any atom is 0.421 e. The van der Waals surface area contributed by atoms with Crippen molar-refractivity contribution in [1.82, 2.24) is 9.03 Å². The summed E-state index contributed by atoms with van der Waals surface area (Å²) in [4.78, 5) is 11.1. The molecule has 2 atom stereocenters. The largest absolute Gasteiger partial charge is 0.449 e. The van der Waals surface area contributed by atoms with Gasteiger partial charge in [-0.3, -0.25) is 0 Å². The van der Waals surface area contributed by atoms with Gasteiger partial charge < -0.3 is 14.6 Å². The maximum absolute atomic E-state index is 11.9. The first kappa shape index (κ1) is 15.2. The topological polar surface area (TPSA) is 105 Å². The summed E-state index contributed by atoms with van der Waals surface area (Å²) < 4.78 is 36.4. The zero-order valence-electron chi connectivity index (χ0n) is 10.3. The van der Waals surface area contributed by atoms with Crippen LogP contribution in [0.5, 0.6) is 0 Å². The van der Waals surface area contributed by atoms with Crippen LogP contribution in [0, 0.1) is 0 Å². The van der Waals surface area contributed by atoms with Crippen molar-refractivity contribution < 1.29 is 27.8 Å². The van der Waals surface area contributed by atoms with Crippen LogP contribution < -0.4 is 4.72 Å². The van der Waals surface area contributed by atoms with E-state index in [1.54, 1.807) is 18.6 Å². The Morgan fingerprint density at radius 3 is 2.78 bits per heavy atom. The molecule has 1 aliphatic rings. The number of nitrogens with zero attached hydrogens (tertiary/aromatic N) is 1. The van der Waals surface area contributed by atoms with E-state index in [1.165, 1.54) is 0 Å². The molecule has 1 saturated heterocycles. The normalized spacial score (nSPS) is 25.7. The van der Waals surface area contributed by atoms with Crippen molar-refractivity contribution in [2.75, 3.05) is 26.3 Å². The standard InChI is InChI=1S/C9H18N2O6S/c1-3-16-9(13)10-18(14,15)11-4-7(2)17-8(5-11)6-12/h7-8,12H,3-6H2,1-2H3,(H,10,13). The number of aliphatic hydroxyl groups is 1. The molecule has 0 aromatic heterocycles. The van der Waals surface area contributed by atoms with E-state index >= 15 is 0 Å². The van der Waals surface area contributed by atoms with Crippen LogP contribution in [-0.4, -0.2) is 62.4 Å². The van der Waals surface area contributed by atoms with Gasteiger partial charge in [0.1, 0.15) is 0 Å². The van der Waals surface area contributed by atoms with E-state index in [0.717, 1.165) is 4.31 Å². The van der Waals surface area contributed by atoms with E-state index in [4.69, 9.17) is 9.84 Å². The summed E-state index contributed by atoms with van der Waals surface area (Å²) in [5.74, 6) is 0. The van der Waals surface area contributed by atoms with Gasteiger partial charge in [-0.2, -0.15) is 12.7 Å². The predicted octanol–water partition coefficient (Wildman–Crippen LogP) is -0.941. The number of amides is 1. The summed E-state index contributed by atoms with van der Waals surface area (Å²) in [5.41, 5.74) is 0. The Labute approximate surface area is 106 Å². The zero-order valence-corrected chi connectivity index (χ0v) is 11.1. The number of carbonyl (C=O) groups excluding carboxylic acids is 1. The van der Waals surface area contributed by atoms with Crippen LogP contribution in [0.4, 0.5) is 4.79 Å². The summed E-state index contributed by atoms with van der Waals surface area (Å²) >= 11 is 0. The minimum absolute atomic E-state index is 0.00439. The fraction of sp³-hybridized carbons (Fsp3) is 0.889. The van der Waals surface area contributed by atoms with Gasteiger partial charge in [-0.05, 0) is 13.8 Å². The lowest BCUT2D eigenvalue weighted by atomic mass is 10.2. The van der Waals surface area contributed by atoms with Crippen LogP contribution in [0.25, 0.3) is 0 Å². The second-order valence-corrected chi connectivity index (χ2v) is 5.57. The lowest BCUT2D eigenvalue weighted by molar-refractivity contribution is -0.0752. The quantitative estimate of drug-likeness (QED) is 0.689. The highest BCUT2D eigenvalue weighted by Gasteiger charge is 2.33. The van der Waals surface area contributed by atoms with Gasteiger partial charge in [-0.25, -0.2) is 9.52 Å². The molecule has 0 aromatic rings. The van der Waals surface area contributed by atoms with Crippen molar-refractivity contribution in [3.63, 3.8) is 0 Å². The highest BCUT2D eigenvalue weighted by Crippen LogP contribution is 2.13. The smallest absolute Gasteiger partial charge is 0.421 e. The average Bonchev–Trinajstić information content (AvgIpc) is 2.27. The molecule has 1 amide bonds. The fourth-order valence-electron chi connectivity index (χ4n) is 1.63. The van der Waals surface area contributed by atoms with Gasteiger partial charge in [-0.15, -0.1) is 0 Å². The molecule has 9 heteroatoms. The van der Waals surface area contributed by atoms with Crippen LogP contribution >= 0.6 is 0 Å². The summed E-state index contributed by atoms with van der Waals surface area (Å²) in [6.07, 6.45) is -1.96. The van der Waals surface area contributed by atoms with Crippen molar-refractivity contribution in [1.29, 1.82) is 0 Å². The molecular formula is C9H18N2O6S. The van der Waals surface area contributed by atoms with Crippen molar-refractivity contribution in [2.24, 2.45) is 0 Å². The molecule has 1 fully saturated rings. The fourth-order valence-corrected chi connectivity index (χ4v) is 2.80. The van der Waals surface area contributed by atoms with Gasteiger partial charge in [0, 0.05) is 13.1 Å². The van der Waals surface area contributed by atoms with E-state index in [1.807, 2.05) is 0 Å². The summed E-state index contributed by atoms with van der Waals surface area (Å²) in [6, 6.07) is 0. The van der Waals surface area contributed by atoms with E-state index in [0.29, 0.717) is 0 Å². The third-order valence-corrected chi connectivity index (χ3v) is 3.73. The predicted molar refractivity (Wildman–Crippen MR) is 62.1 cm³/mol. The molecule has 0 saturated carbocycles. The molecule has 18 heavy (non-hydrogen) atoms. The second-order valence-electron chi connectivity index (χ2n) is 3.90. The molecule has 2 unspecified atom stereocenters. The molecule has 1 heterocycles. The molecule has 2 N–H and O–H groups in total. The molecule has 0 aromatic carbocycles. The number of hydrogen-bond acceptors (Lipinski definition) is 6. The van der Waals surface area contributed by atoms with Crippen molar-refractivity contribution in [3.05, 3.63) is 0 Å². The summed E-state index contributed by atoms with van der Waals surface area (Å²) in [7, 11) is -3.96. The molecule has 1 aliphatic heterocycles. The highest BCUT2D eigenvalue weighted by atomic mass is 32.2. The SMILES string of the molecule is CCOC(=O)NS(=O)(=O)N1CC(C)OC(CO)C1. The van der Waals surface area contributed by atoms with Crippen LogP contribution in [0.15, 0.2) is 0 Å². The Balaban J connectivity index is 2.69. The first-order valence-electron chi connectivity index (χ1n) is 5.60. The molecule has 8 nitrogen and oxygen atoms in total. The van der Waals surface area contributed by atoms with Gasteiger partial charge >= 0.3 is 16.3 Å². The van der Waals surface area contributed by atoms with Gasteiger partial charge in [-0.1, -0.05) is 0 Å². The Morgan fingerprint density at radius 2 is 2.22 bits per heavy atom. The molecule has 0 aliphatic carbocycles. The number of aliphatic hydroxyl groups excluding tert-OH is 1. The van der Waals surface area contributed by atoms with Crippen molar-refractivity contribution >= 4 is 16.3 Å². The number of ether oxygens (including phenoxy) is 2. The number of morpholine rings is 1. The van der Waals surface area contributed by atoms with Gasteiger partial charge in [0.25, 0.3) is 0 Å². The maximum atomic E-state index is 11.9. The molecule has 0 spiro atoms. The number of rotatable bonds is 4. The van der Waals surface area contributed by atoms with Crippen LogP contribution in [0.2, 0.25) is 0 Å². The lowest BCUT2D eigenvalue weighted by Gasteiger charge is -2.34.